The summed E-state index contributed by atoms with van der Waals surface area (Å²) in [5.74, 6) is 0.423. The molecule has 0 atom stereocenters. The molecule has 1 saturated heterocycles. The van der Waals surface area contributed by atoms with Crippen LogP contribution in [0.2, 0.25) is 0 Å². The Balaban J connectivity index is 2.01. The predicted molar refractivity (Wildman–Crippen MR) is 108 cm³/mol. The van der Waals surface area contributed by atoms with Crippen LogP contribution in [0.3, 0.4) is 0 Å². The van der Waals surface area contributed by atoms with Crippen molar-refractivity contribution < 1.29 is 17.9 Å². The van der Waals surface area contributed by atoms with Gasteiger partial charge in [0.2, 0.25) is 0 Å². The zero-order valence-electron chi connectivity index (χ0n) is 16.8. The average molecular weight is 406 g/mol. The minimum Gasteiger partial charge on any atom is -0.497 e. The number of methoxy groups -OCH3 is 1. The molecule has 28 heavy (non-hydrogen) atoms. The summed E-state index contributed by atoms with van der Waals surface area (Å²) >= 11 is 0. The Hall–Kier alpha value is -2.48. The van der Waals surface area contributed by atoms with Crippen molar-refractivity contribution in [2.24, 2.45) is 7.05 Å². The molecule has 1 aliphatic rings. The highest BCUT2D eigenvalue weighted by Gasteiger charge is 2.33. The van der Waals surface area contributed by atoms with E-state index in [0.717, 1.165) is 19.3 Å². The van der Waals surface area contributed by atoms with Crippen LogP contribution < -0.4 is 9.46 Å². The van der Waals surface area contributed by atoms with E-state index in [4.69, 9.17) is 4.74 Å². The van der Waals surface area contributed by atoms with E-state index in [1.807, 2.05) is 0 Å². The number of rotatable bonds is 5. The van der Waals surface area contributed by atoms with Crippen LogP contribution in [-0.2, 0) is 17.1 Å². The van der Waals surface area contributed by atoms with E-state index >= 15 is 0 Å². The maximum absolute atomic E-state index is 13.2. The second-order valence-electron chi connectivity index (χ2n) is 7.12. The zero-order chi connectivity index (χ0) is 20.5. The van der Waals surface area contributed by atoms with Crippen molar-refractivity contribution in [2.45, 2.75) is 38.0 Å². The number of hydrogen-bond acceptors (Lipinski definition) is 4. The number of nitrogens with one attached hydrogen (secondary N) is 1. The lowest BCUT2D eigenvalue weighted by molar-refractivity contribution is 0.0720. The maximum Gasteiger partial charge on any atom is 0.264 e. The first-order valence-electron chi connectivity index (χ1n) is 9.38. The highest BCUT2D eigenvalue weighted by molar-refractivity contribution is 7.92. The van der Waals surface area contributed by atoms with Gasteiger partial charge in [0.15, 0.2) is 0 Å². The van der Waals surface area contributed by atoms with E-state index < -0.39 is 10.0 Å². The average Bonchev–Trinajstić information content (AvgIpc) is 2.93. The number of hydrogen-bond donors (Lipinski definition) is 1. The van der Waals surface area contributed by atoms with Gasteiger partial charge in [-0.05, 0) is 57.4 Å². The van der Waals surface area contributed by atoms with Gasteiger partial charge in [-0.3, -0.25) is 9.52 Å². The van der Waals surface area contributed by atoms with Crippen molar-refractivity contribution in [1.82, 2.24) is 9.47 Å². The largest absolute Gasteiger partial charge is 0.497 e. The third kappa shape index (κ3) is 3.73. The summed E-state index contributed by atoms with van der Waals surface area (Å²) in [4.78, 5) is 15.0. The van der Waals surface area contributed by atoms with Crippen LogP contribution in [0.15, 0.2) is 29.2 Å². The van der Waals surface area contributed by atoms with E-state index in [-0.39, 0.29) is 16.4 Å². The minimum absolute atomic E-state index is 0.0545. The molecule has 0 spiro atoms. The highest BCUT2D eigenvalue weighted by atomic mass is 32.2. The van der Waals surface area contributed by atoms with Gasteiger partial charge in [-0.25, -0.2) is 8.42 Å². The van der Waals surface area contributed by atoms with Crippen molar-refractivity contribution in [3.63, 3.8) is 0 Å². The number of carbonyl (C=O) groups is 1. The molecule has 1 amide bonds. The van der Waals surface area contributed by atoms with Crippen LogP contribution >= 0.6 is 0 Å². The molecular formula is C20H27N3O4S. The van der Waals surface area contributed by atoms with Crippen LogP contribution in [0, 0.1) is 13.8 Å². The smallest absolute Gasteiger partial charge is 0.264 e. The molecule has 1 aromatic carbocycles. The second-order valence-corrected chi connectivity index (χ2v) is 8.74. The van der Waals surface area contributed by atoms with Crippen molar-refractivity contribution in [3.8, 4) is 5.75 Å². The van der Waals surface area contributed by atoms with E-state index in [1.54, 1.807) is 61.7 Å². The normalized spacial score (nSPS) is 14.8. The molecule has 152 valence electrons. The lowest BCUT2D eigenvalue weighted by Crippen LogP contribution is -2.36. The number of nitrogens with zero attached hydrogens (tertiary/aromatic N) is 2. The molecule has 2 aromatic rings. The number of benzene rings is 1. The van der Waals surface area contributed by atoms with Crippen molar-refractivity contribution in [1.29, 1.82) is 0 Å². The molecule has 1 aromatic heterocycles. The Morgan fingerprint density at radius 1 is 1.04 bits per heavy atom. The Bertz CT molecular complexity index is 972. The van der Waals surface area contributed by atoms with Gasteiger partial charge in [0.1, 0.15) is 10.6 Å². The summed E-state index contributed by atoms with van der Waals surface area (Å²) in [7, 11) is -0.608. The number of aromatic nitrogens is 1. The number of ether oxygens (including phenoxy) is 1. The molecule has 0 radical (unpaired) electrons. The van der Waals surface area contributed by atoms with Crippen LogP contribution in [0.4, 0.5) is 5.69 Å². The Morgan fingerprint density at radius 2 is 1.64 bits per heavy atom. The van der Waals surface area contributed by atoms with E-state index in [1.165, 1.54) is 0 Å². The Morgan fingerprint density at radius 3 is 2.21 bits per heavy atom. The molecule has 0 bridgehead atoms. The zero-order valence-corrected chi connectivity index (χ0v) is 17.6. The van der Waals surface area contributed by atoms with Crippen LogP contribution in [0.5, 0.6) is 5.75 Å². The third-order valence-electron chi connectivity index (χ3n) is 5.39. The molecule has 3 rings (SSSR count). The molecule has 0 saturated carbocycles. The number of carbonyl (C=O) groups excluding carboxylic acids is 1. The van der Waals surface area contributed by atoms with Gasteiger partial charge in [0, 0.05) is 37.2 Å². The van der Waals surface area contributed by atoms with E-state index in [2.05, 4.69) is 4.72 Å². The second kappa shape index (κ2) is 7.87. The number of amides is 1. The van der Waals surface area contributed by atoms with Gasteiger partial charge in [0.05, 0.1) is 12.7 Å². The summed E-state index contributed by atoms with van der Waals surface area (Å²) in [5, 5.41) is 0. The van der Waals surface area contributed by atoms with Crippen LogP contribution in [-0.4, -0.2) is 44.0 Å². The lowest BCUT2D eigenvalue weighted by Gasteiger charge is -2.27. The molecule has 0 aliphatic carbocycles. The fraction of sp³-hybridized carbons (Fsp3) is 0.450. The fourth-order valence-electron chi connectivity index (χ4n) is 3.62. The molecule has 1 fully saturated rings. The van der Waals surface area contributed by atoms with E-state index in [0.29, 0.717) is 35.9 Å². The molecule has 8 heteroatoms. The first kappa shape index (κ1) is 20.3. The standard InChI is InChI=1S/C20H27N3O4S/c1-14-18(20(24)23-12-6-5-7-13-23)19(15(2)22(14)3)28(25,26)21-16-8-10-17(27-4)11-9-16/h8-11,21H,5-7,12-13H2,1-4H3. The topological polar surface area (TPSA) is 80.6 Å². The quantitative estimate of drug-likeness (QED) is 0.829. The van der Waals surface area contributed by atoms with Crippen molar-refractivity contribution in [2.75, 3.05) is 24.9 Å². The van der Waals surface area contributed by atoms with Gasteiger partial charge in [-0.1, -0.05) is 0 Å². The summed E-state index contributed by atoms with van der Waals surface area (Å²) in [5.41, 5.74) is 1.88. The van der Waals surface area contributed by atoms with Gasteiger partial charge < -0.3 is 14.2 Å². The molecular weight excluding hydrogens is 378 g/mol. The highest BCUT2D eigenvalue weighted by Crippen LogP contribution is 2.30. The van der Waals surface area contributed by atoms with Crippen LogP contribution in [0.25, 0.3) is 0 Å². The predicted octanol–water partition coefficient (Wildman–Crippen LogP) is 3.08. The summed E-state index contributed by atoms with van der Waals surface area (Å²) in [6.45, 7) is 4.84. The van der Waals surface area contributed by atoms with Gasteiger partial charge in [-0.2, -0.15) is 0 Å². The Kier molecular flexibility index (Phi) is 5.69. The fourth-order valence-corrected chi connectivity index (χ4v) is 5.20. The van der Waals surface area contributed by atoms with E-state index in [9.17, 15) is 13.2 Å². The first-order valence-corrected chi connectivity index (χ1v) is 10.9. The van der Waals surface area contributed by atoms with Crippen molar-refractivity contribution in [3.05, 3.63) is 41.2 Å². The molecule has 0 unspecified atom stereocenters. The third-order valence-corrected chi connectivity index (χ3v) is 6.93. The number of piperidine rings is 1. The summed E-state index contributed by atoms with van der Waals surface area (Å²) < 4.78 is 35.9. The first-order chi connectivity index (χ1) is 13.3. The van der Waals surface area contributed by atoms with Gasteiger partial charge in [0.25, 0.3) is 15.9 Å². The Labute approximate surface area is 166 Å². The molecule has 2 heterocycles. The summed E-state index contributed by atoms with van der Waals surface area (Å²) in [6.07, 6.45) is 2.99. The molecule has 1 aliphatic heterocycles. The van der Waals surface area contributed by atoms with Gasteiger partial charge >= 0.3 is 0 Å². The minimum atomic E-state index is -3.94. The summed E-state index contributed by atoms with van der Waals surface area (Å²) in [6, 6.07) is 6.63. The SMILES string of the molecule is COc1ccc(NS(=O)(=O)c2c(C(=O)N3CCCCC3)c(C)n(C)c2C)cc1. The number of likely N-dealkylation sites (tertiary alicyclic amines) is 1. The number of anilines is 1. The molecule has 7 nitrogen and oxygen atoms in total. The number of sulfonamides is 1. The maximum atomic E-state index is 13.2. The van der Waals surface area contributed by atoms with Gasteiger partial charge in [-0.15, -0.1) is 0 Å². The lowest BCUT2D eigenvalue weighted by atomic mass is 10.1. The monoisotopic (exact) mass is 405 g/mol. The van der Waals surface area contributed by atoms with Crippen LogP contribution in [0.1, 0.15) is 41.0 Å². The molecule has 1 N–H and O–H groups in total. The van der Waals surface area contributed by atoms with Crippen molar-refractivity contribution >= 4 is 21.6 Å².